The van der Waals surface area contributed by atoms with Gasteiger partial charge in [-0.2, -0.15) is 0 Å². The van der Waals surface area contributed by atoms with Crippen molar-refractivity contribution in [2.45, 2.75) is 6.42 Å². The maximum Gasteiger partial charge on any atom is 0.229 e. The van der Waals surface area contributed by atoms with E-state index in [9.17, 15) is 9.59 Å². The van der Waals surface area contributed by atoms with Crippen LogP contribution in [0.5, 0.6) is 11.5 Å². The Balaban J connectivity index is 1.38. The van der Waals surface area contributed by atoms with Crippen molar-refractivity contribution in [3.05, 3.63) is 81.8 Å². The summed E-state index contributed by atoms with van der Waals surface area (Å²) >= 11 is 18.2. The van der Waals surface area contributed by atoms with Gasteiger partial charge in [0.2, 0.25) is 11.8 Å². The minimum atomic E-state index is -0.493. The molecule has 0 aliphatic carbocycles. The molecule has 3 aromatic rings. The Kier molecular flexibility index (Phi) is 6.37. The Morgan fingerprint density at radius 1 is 0.935 bits per heavy atom. The minimum absolute atomic E-state index is 0.104. The lowest BCUT2D eigenvalue weighted by molar-refractivity contribution is -0.122. The summed E-state index contributed by atoms with van der Waals surface area (Å²) in [4.78, 5) is 26.7. The molecule has 1 saturated heterocycles. The molecule has 31 heavy (non-hydrogen) atoms. The van der Waals surface area contributed by atoms with E-state index in [-0.39, 0.29) is 24.8 Å². The van der Waals surface area contributed by atoms with Crippen LogP contribution in [0.25, 0.3) is 0 Å². The highest BCUT2D eigenvalue weighted by Gasteiger charge is 2.36. The quantitative estimate of drug-likeness (QED) is 0.462. The van der Waals surface area contributed by atoms with Crippen LogP contribution >= 0.6 is 34.8 Å². The van der Waals surface area contributed by atoms with Gasteiger partial charge in [-0.25, -0.2) is 0 Å². The van der Waals surface area contributed by atoms with Gasteiger partial charge in [-0.05, 0) is 60.7 Å². The third-order valence-corrected chi connectivity index (χ3v) is 5.95. The van der Waals surface area contributed by atoms with Gasteiger partial charge >= 0.3 is 0 Å². The molecule has 1 N–H and O–H groups in total. The highest BCUT2D eigenvalue weighted by molar-refractivity contribution is 6.44. The minimum Gasteiger partial charge on any atom is -0.457 e. The van der Waals surface area contributed by atoms with E-state index in [4.69, 9.17) is 39.5 Å². The number of hydrogen-bond donors (Lipinski definition) is 1. The SMILES string of the molecule is O=C(Nc1ccc(Oc2ccc(Cl)cc2)cc1)[C@H]1CC(=O)N(c2cccc(Cl)c2Cl)C1. The highest BCUT2D eigenvalue weighted by Crippen LogP contribution is 2.36. The average Bonchev–Trinajstić information content (AvgIpc) is 3.15. The van der Waals surface area contributed by atoms with Gasteiger partial charge in [0.05, 0.1) is 21.7 Å². The average molecular weight is 476 g/mol. The number of carbonyl (C=O) groups excluding carboxylic acids is 2. The summed E-state index contributed by atoms with van der Waals surface area (Å²) in [5.74, 6) is 0.382. The largest absolute Gasteiger partial charge is 0.457 e. The van der Waals surface area contributed by atoms with Crippen molar-refractivity contribution in [3.63, 3.8) is 0 Å². The van der Waals surface area contributed by atoms with Gasteiger partial charge in [-0.3, -0.25) is 9.59 Å². The smallest absolute Gasteiger partial charge is 0.229 e. The predicted molar refractivity (Wildman–Crippen MR) is 124 cm³/mol. The van der Waals surface area contributed by atoms with Gasteiger partial charge in [-0.1, -0.05) is 40.9 Å². The maximum absolute atomic E-state index is 12.7. The van der Waals surface area contributed by atoms with Crippen LogP contribution in [-0.2, 0) is 9.59 Å². The number of ether oxygens (including phenoxy) is 1. The third kappa shape index (κ3) is 4.96. The van der Waals surface area contributed by atoms with Gasteiger partial charge in [-0.15, -0.1) is 0 Å². The highest BCUT2D eigenvalue weighted by atomic mass is 35.5. The first kappa shape index (κ1) is 21.5. The number of halogens is 3. The Morgan fingerprint density at radius 3 is 2.26 bits per heavy atom. The van der Waals surface area contributed by atoms with Crippen molar-refractivity contribution >= 4 is 58.0 Å². The van der Waals surface area contributed by atoms with Crippen molar-refractivity contribution in [2.24, 2.45) is 5.92 Å². The number of hydrogen-bond acceptors (Lipinski definition) is 3. The summed E-state index contributed by atoms with van der Waals surface area (Å²) in [6, 6.07) is 19.1. The summed E-state index contributed by atoms with van der Waals surface area (Å²) in [5, 5.41) is 4.15. The molecule has 1 atom stereocenters. The molecule has 0 radical (unpaired) electrons. The van der Waals surface area contributed by atoms with Crippen molar-refractivity contribution in [1.29, 1.82) is 0 Å². The molecule has 8 heteroatoms. The van der Waals surface area contributed by atoms with E-state index in [0.29, 0.717) is 37.9 Å². The fourth-order valence-corrected chi connectivity index (χ4v) is 3.83. The topological polar surface area (TPSA) is 58.6 Å². The fourth-order valence-electron chi connectivity index (χ4n) is 3.31. The van der Waals surface area contributed by atoms with Crippen molar-refractivity contribution in [2.75, 3.05) is 16.8 Å². The van der Waals surface area contributed by atoms with E-state index in [1.807, 2.05) is 0 Å². The predicted octanol–water partition coefficient (Wildman–Crippen LogP) is 6.43. The number of carbonyl (C=O) groups is 2. The van der Waals surface area contributed by atoms with Crippen LogP contribution in [0.3, 0.4) is 0 Å². The van der Waals surface area contributed by atoms with Crippen LogP contribution in [0.2, 0.25) is 15.1 Å². The molecule has 0 saturated carbocycles. The molecule has 5 nitrogen and oxygen atoms in total. The molecule has 1 heterocycles. The van der Waals surface area contributed by atoms with Gasteiger partial charge in [0, 0.05) is 23.7 Å². The Morgan fingerprint density at radius 2 is 1.58 bits per heavy atom. The third-order valence-electron chi connectivity index (χ3n) is 4.89. The first-order valence-electron chi connectivity index (χ1n) is 9.49. The first-order valence-corrected chi connectivity index (χ1v) is 10.6. The Labute approximate surface area is 194 Å². The lowest BCUT2D eigenvalue weighted by atomic mass is 10.1. The number of rotatable bonds is 5. The molecular formula is C23H17Cl3N2O3. The summed E-state index contributed by atoms with van der Waals surface area (Å²) in [7, 11) is 0. The Bertz CT molecular complexity index is 1120. The molecule has 1 fully saturated rings. The van der Waals surface area contributed by atoms with E-state index in [1.54, 1.807) is 66.7 Å². The van der Waals surface area contributed by atoms with Gasteiger partial charge in [0.1, 0.15) is 11.5 Å². The molecule has 1 aliphatic heterocycles. The monoisotopic (exact) mass is 474 g/mol. The lowest BCUT2D eigenvalue weighted by Gasteiger charge is -2.18. The zero-order valence-corrected chi connectivity index (χ0v) is 18.4. The first-order chi connectivity index (χ1) is 14.9. The summed E-state index contributed by atoms with van der Waals surface area (Å²) in [5.41, 5.74) is 1.12. The second-order valence-electron chi connectivity index (χ2n) is 7.05. The number of nitrogens with one attached hydrogen (secondary N) is 1. The standard InChI is InChI=1S/C23H17Cl3N2O3/c24-15-4-8-17(9-5-15)31-18-10-6-16(7-11-18)27-23(30)14-12-21(29)28(13-14)20-3-1-2-19(25)22(20)26/h1-11,14H,12-13H2,(H,27,30)/t14-/m0/s1. The maximum atomic E-state index is 12.7. The number of amides is 2. The molecule has 4 rings (SSSR count). The number of anilines is 2. The lowest BCUT2D eigenvalue weighted by Crippen LogP contribution is -2.28. The number of benzene rings is 3. The second-order valence-corrected chi connectivity index (χ2v) is 8.27. The van der Waals surface area contributed by atoms with Crippen LogP contribution in [0.1, 0.15) is 6.42 Å². The van der Waals surface area contributed by atoms with Gasteiger partial charge in [0.25, 0.3) is 0 Å². The van der Waals surface area contributed by atoms with Crippen molar-refractivity contribution in [3.8, 4) is 11.5 Å². The van der Waals surface area contributed by atoms with Gasteiger partial charge in [0.15, 0.2) is 0 Å². The van der Waals surface area contributed by atoms with E-state index >= 15 is 0 Å². The fraction of sp³-hybridized carbons (Fsp3) is 0.130. The zero-order chi connectivity index (χ0) is 22.0. The van der Waals surface area contributed by atoms with Gasteiger partial charge < -0.3 is 15.0 Å². The van der Waals surface area contributed by atoms with Crippen LogP contribution in [-0.4, -0.2) is 18.4 Å². The number of nitrogens with zero attached hydrogens (tertiary/aromatic N) is 1. The molecule has 3 aromatic carbocycles. The zero-order valence-electron chi connectivity index (χ0n) is 16.1. The second kappa shape index (κ2) is 9.18. The molecule has 0 bridgehead atoms. The molecular weight excluding hydrogens is 459 g/mol. The van der Waals surface area contributed by atoms with E-state index in [2.05, 4.69) is 5.32 Å². The van der Waals surface area contributed by atoms with Crippen molar-refractivity contribution < 1.29 is 14.3 Å². The molecule has 1 aliphatic rings. The van der Waals surface area contributed by atoms with Crippen molar-refractivity contribution in [1.82, 2.24) is 0 Å². The molecule has 2 amide bonds. The summed E-state index contributed by atoms with van der Waals surface area (Å²) in [6.45, 7) is 0.239. The van der Waals surface area contributed by atoms with Crippen LogP contribution in [0, 0.1) is 5.92 Å². The normalized spacial score (nSPS) is 15.8. The van der Waals surface area contributed by atoms with Crippen LogP contribution in [0.15, 0.2) is 66.7 Å². The Hall–Kier alpha value is -2.73. The van der Waals surface area contributed by atoms with E-state index < -0.39 is 5.92 Å². The molecule has 0 aromatic heterocycles. The van der Waals surface area contributed by atoms with Crippen LogP contribution < -0.4 is 15.0 Å². The molecule has 0 spiro atoms. The van der Waals surface area contributed by atoms with E-state index in [0.717, 1.165) is 0 Å². The summed E-state index contributed by atoms with van der Waals surface area (Å²) < 4.78 is 5.75. The molecule has 0 unspecified atom stereocenters. The van der Waals surface area contributed by atoms with Crippen LogP contribution in [0.4, 0.5) is 11.4 Å². The summed E-state index contributed by atoms with van der Waals surface area (Å²) in [6.07, 6.45) is 0.104. The van der Waals surface area contributed by atoms with E-state index in [1.165, 1.54) is 4.90 Å². The molecule has 158 valence electrons.